The van der Waals surface area contributed by atoms with E-state index in [1.807, 2.05) is 5.38 Å². The molecule has 1 N–H and O–H groups in total. The molecule has 138 valence electrons. The third kappa shape index (κ3) is 3.78. The fourth-order valence-electron chi connectivity index (χ4n) is 3.45. The summed E-state index contributed by atoms with van der Waals surface area (Å²) in [7, 11) is 0. The van der Waals surface area contributed by atoms with Crippen LogP contribution in [0.2, 0.25) is 0 Å². The molecule has 4 rings (SSSR count). The average Bonchev–Trinajstić information content (AvgIpc) is 3.06. The number of anilines is 2. The number of nitrogens with one attached hydrogen (secondary N) is 1. The summed E-state index contributed by atoms with van der Waals surface area (Å²) in [6.07, 6.45) is 6.47. The molecule has 9 heteroatoms. The molecular formula is C17H22N6O2S. The van der Waals surface area contributed by atoms with Crippen LogP contribution in [0.4, 0.5) is 10.8 Å². The van der Waals surface area contributed by atoms with Crippen LogP contribution in [-0.2, 0) is 4.79 Å². The first-order chi connectivity index (χ1) is 12.7. The predicted molar refractivity (Wildman–Crippen MR) is 101 cm³/mol. The Morgan fingerprint density at radius 3 is 2.88 bits per heavy atom. The van der Waals surface area contributed by atoms with Crippen LogP contribution in [0.25, 0.3) is 0 Å². The predicted octanol–water partition coefficient (Wildman–Crippen LogP) is 1.19. The first kappa shape index (κ1) is 17.2. The maximum Gasteiger partial charge on any atom is 0.269 e. The number of hydrogen-bond acceptors (Lipinski definition) is 7. The number of thiazole rings is 1. The monoisotopic (exact) mass is 374 g/mol. The fourth-order valence-corrected chi connectivity index (χ4v) is 4.00. The molecule has 0 bridgehead atoms. The molecule has 2 aromatic heterocycles. The van der Waals surface area contributed by atoms with Crippen molar-refractivity contribution in [3.8, 4) is 0 Å². The molecule has 8 nitrogen and oxygen atoms in total. The van der Waals surface area contributed by atoms with Gasteiger partial charge in [-0.15, -0.1) is 11.3 Å². The molecule has 0 aliphatic carbocycles. The molecule has 4 heterocycles. The summed E-state index contributed by atoms with van der Waals surface area (Å²) in [6.45, 7) is 3.80. The van der Waals surface area contributed by atoms with Crippen LogP contribution in [0.15, 0.2) is 28.6 Å². The van der Waals surface area contributed by atoms with Gasteiger partial charge in [-0.1, -0.05) is 0 Å². The number of carbonyl (C=O) groups excluding carboxylic acids is 1. The van der Waals surface area contributed by atoms with Gasteiger partial charge in [0.2, 0.25) is 5.91 Å². The minimum atomic E-state index is -0.0750. The number of aromatic nitrogens is 3. The molecule has 1 atom stereocenters. The maximum atomic E-state index is 12.5. The Morgan fingerprint density at radius 1 is 1.31 bits per heavy atom. The highest BCUT2D eigenvalue weighted by Crippen LogP contribution is 2.21. The van der Waals surface area contributed by atoms with Crippen molar-refractivity contribution in [3.05, 3.63) is 34.2 Å². The first-order valence-electron chi connectivity index (χ1n) is 8.94. The molecule has 0 spiro atoms. The third-order valence-electron chi connectivity index (χ3n) is 4.91. The topological polar surface area (TPSA) is 83.4 Å². The number of piperidine rings is 1. The van der Waals surface area contributed by atoms with Gasteiger partial charge in [0.05, 0.1) is 24.5 Å². The zero-order valence-electron chi connectivity index (χ0n) is 14.5. The van der Waals surface area contributed by atoms with Crippen molar-refractivity contribution in [1.29, 1.82) is 0 Å². The van der Waals surface area contributed by atoms with Crippen molar-refractivity contribution in [2.45, 2.75) is 25.3 Å². The van der Waals surface area contributed by atoms with Crippen LogP contribution in [0.5, 0.6) is 0 Å². The van der Waals surface area contributed by atoms with Crippen LogP contribution in [-0.4, -0.2) is 58.3 Å². The van der Waals surface area contributed by atoms with Gasteiger partial charge in [0, 0.05) is 37.3 Å². The van der Waals surface area contributed by atoms with Crippen molar-refractivity contribution in [3.63, 3.8) is 0 Å². The molecule has 0 saturated carbocycles. The molecule has 26 heavy (non-hydrogen) atoms. The molecule has 2 aliphatic heterocycles. The van der Waals surface area contributed by atoms with Crippen LogP contribution in [0.1, 0.15) is 25.3 Å². The zero-order valence-corrected chi connectivity index (χ0v) is 15.3. The lowest BCUT2D eigenvalue weighted by Gasteiger charge is -2.34. The van der Waals surface area contributed by atoms with Gasteiger partial charge in [0.1, 0.15) is 0 Å². The molecule has 0 radical (unpaired) electrons. The van der Waals surface area contributed by atoms with E-state index in [1.54, 1.807) is 23.1 Å². The van der Waals surface area contributed by atoms with Crippen LogP contribution >= 0.6 is 11.3 Å². The standard InChI is InChI=1S/C17H22N6O2S/c24-15(20-17-18-4-8-26-17)12-21-5-1-3-13(11-21)23-16(25)9-14(10-19-23)22-6-2-7-22/h4,8-10,13H,1-3,5-7,11-12H2,(H,18,20,24)/t13-/m0/s1. The summed E-state index contributed by atoms with van der Waals surface area (Å²) >= 11 is 1.40. The first-order valence-corrected chi connectivity index (χ1v) is 9.82. The van der Waals surface area contributed by atoms with E-state index in [1.165, 1.54) is 17.8 Å². The summed E-state index contributed by atoms with van der Waals surface area (Å²) in [4.78, 5) is 33.0. The number of amides is 1. The van der Waals surface area contributed by atoms with Crippen molar-refractivity contribution in [1.82, 2.24) is 19.7 Å². The number of likely N-dealkylation sites (tertiary alicyclic amines) is 1. The third-order valence-corrected chi connectivity index (χ3v) is 5.59. The van der Waals surface area contributed by atoms with Crippen molar-refractivity contribution in [2.75, 3.05) is 42.9 Å². The Morgan fingerprint density at radius 2 is 2.19 bits per heavy atom. The van der Waals surface area contributed by atoms with Crippen molar-refractivity contribution in [2.24, 2.45) is 0 Å². The Bertz CT molecular complexity index is 817. The Labute approximate surface area is 155 Å². The Balaban J connectivity index is 1.38. The lowest BCUT2D eigenvalue weighted by atomic mass is 10.1. The smallest absolute Gasteiger partial charge is 0.269 e. The highest BCUT2D eigenvalue weighted by molar-refractivity contribution is 7.13. The van der Waals surface area contributed by atoms with Gasteiger partial charge in [0.25, 0.3) is 5.56 Å². The van der Waals surface area contributed by atoms with E-state index in [4.69, 9.17) is 0 Å². The molecule has 2 fully saturated rings. The molecule has 2 aliphatic rings. The second-order valence-electron chi connectivity index (χ2n) is 6.75. The van der Waals surface area contributed by atoms with Crippen LogP contribution < -0.4 is 15.8 Å². The summed E-state index contributed by atoms with van der Waals surface area (Å²) in [6, 6.07) is 1.69. The summed E-state index contributed by atoms with van der Waals surface area (Å²) in [5, 5.41) is 9.65. The van der Waals surface area contributed by atoms with Gasteiger partial charge in [-0.25, -0.2) is 9.67 Å². The average molecular weight is 374 g/mol. The molecule has 1 amide bonds. The van der Waals surface area contributed by atoms with Gasteiger partial charge >= 0.3 is 0 Å². The minimum Gasteiger partial charge on any atom is -0.370 e. The fraction of sp³-hybridized carbons (Fsp3) is 0.529. The lowest BCUT2D eigenvalue weighted by molar-refractivity contribution is -0.117. The zero-order chi connectivity index (χ0) is 17.9. The number of nitrogens with zero attached hydrogens (tertiary/aromatic N) is 5. The van der Waals surface area contributed by atoms with Gasteiger partial charge in [-0.05, 0) is 25.8 Å². The summed E-state index contributed by atoms with van der Waals surface area (Å²) in [5.74, 6) is -0.0750. The SMILES string of the molecule is O=C(CN1CCC[C@H](n2ncc(N3CCC3)cc2=O)C1)Nc1nccs1. The number of hydrogen-bond donors (Lipinski definition) is 1. The van der Waals surface area contributed by atoms with Crippen LogP contribution in [0.3, 0.4) is 0 Å². The highest BCUT2D eigenvalue weighted by atomic mass is 32.1. The number of rotatable bonds is 5. The highest BCUT2D eigenvalue weighted by Gasteiger charge is 2.25. The Hall–Kier alpha value is -2.26. The van der Waals surface area contributed by atoms with E-state index >= 15 is 0 Å². The van der Waals surface area contributed by atoms with Crippen molar-refractivity contribution < 1.29 is 4.79 Å². The van der Waals surface area contributed by atoms with E-state index in [0.717, 1.165) is 38.2 Å². The van der Waals surface area contributed by atoms with E-state index in [9.17, 15) is 9.59 Å². The van der Waals surface area contributed by atoms with E-state index < -0.39 is 0 Å². The summed E-state index contributed by atoms with van der Waals surface area (Å²) < 4.78 is 1.58. The van der Waals surface area contributed by atoms with Gasteiger partial charge in [-0.2, -0.15) is 5.10 Å². The molecule has 0 aromatic carbocycles. The Kier molecular flexibility index (Phi) is 4.98. The quantitative estimate of drug-likeness (QED) is 0.846. The van der Waals surface area contributed by atoms with E-state index in [-0.39, 0.29) is 17.5 Å². The maximum absolute atomic E-state index is 12.5. The van der Waals surface area contributed by atoms with Gasteiger partial charge < -0.3 is 10.2 Å². The lowest BCUT2D eigenvalue weighted by Crippen LogP contribution is -2.44. The number of carbonyl (C=O) groups is 1. The second-order valence-corrected chi connectivity index (χ2v) is 7.65. The second kappa shape index (κ2) is 7.55. The molecular weight excluding hydrogens is 352 g/mol. The molecule has 0 unspecified atom stereocenters. The van der Waals surface area contributed by atoms with Crippen LogP contribution in [0, 0.1) is 0 Å². The largest absolute Gasteiger partial charge is 0.370 e. The molecule has 2 aromatic rings. The van der Waals surface area contributed by atoms with Gasteiger partial charge in [-0.3, -0.25) is 14.5 Å². The van der Waals surface area contributed by atoms with Gasteiger partial charge in [0.15, 0.2) is 5.13 Å². The normalized spacial score (nSPS) is 20.6. The molecule has 2 saturated heterocycles. The van der Waals surface area contributed by atoms with E-state index in [2.05, 4.69) is 25.2 Å². The minimum absolute atomic E-state index is 0.00866. The van der Waals surface area contributed by atoms with E-state index in [0.29, 0.717) is 18.2 Å². The van der Waals surface area contributed by atoms with Crippen molar-refractivity contribution >= 4 is 28.1 Å². The summed E-state index contributed by atoms with van der Waals surface area (Å²) in [5.41, 5.74) is 0.849.